The summed E-state index contributed by atoms with van der Waals surface area (Å²) in [6.45, 7) is 2.34. The van der Waals surface area contributed by atoms with E-state index in [1.165, 1.54) is 37.7 Å². The SMILES string of the molecule is CC(Cc1ccc(N)cc1)N(C)C1CCCCC1. The molecule has 0 saturated heterocycles. The lowest BCUT2D eigenvalue weighted by molar-refractivity contribution is 0.145. The van der Waals surface area contributed by atoms with Gasteiger partial charge in [0.25, 0.3) is 0 Å². The summed E-state index contributed by atoms with van der Waals surface area (Å²) in [7, 11) is 2.29. The molecule has 2 rings (SSSR count). The van der Waals surface area contributed by atoms with Gasteiger partial charge < -0.3 is 10.6 Å². The Morgan fingerprint density at radius 1 is 1.17 bits per heavy atom. The molecule has 2 heteroatoms. The molecule has 2 N–H and O–H groups in total. The van der Waals surface area contributed by atoms with E-state index in [2.05, 4.69) is 31.0 Å². The van der Waals surface area contributed by atoms with Crippen molar-refractivity contribution in [3.05, 3.63) is 29.8 Å². The lowest BCUT2D eigenvalue weighted by atomic mass is 9.93. The first-order chi connectivity index (χ1) is 8.66. The fraction of sp³-hybridized carbons (Fsp3) is 0.625. The van der Waals surface area contributed by atoms with E-state index in [-0.39, 0.29) is 0 Å². The van der Waals surface area contributed by atoms with Crippen LogP contribution >= 0.6 is 0 Å². The summed E-state index contributed by atoms with van der Waals surface area (Å²) < 4.78 is 0. The predicted molar refractivity (Wildman–Crippen MR) is 78.7 cm³/mol. The number of benzene rings is 1. The Hall–Kier alpha value is -1.02. The number of anilines is 1. The van der Waals surface area contributed by atoms with Crippen LogP contribution in [-0.4, -0.2) is 24.0 Å². The van der Waals surface area contributed by atoms with E-state index in [1.807, 2.05) is 12.1 Å². The van der Waals surface area contributed by atoms with Crippen LogP contribution in [0.5, 0.6) is 0 Å². The van der Waals surface area contributed by atoms with E-state index >= 15 is 0 Å². The van der Waals surface area contributed by atoms with Gasteiger partial charge in [0, 0.05) is 17.8 Å². The Bertz CT molecular complexity index is 352. The minimum absolute atomic E-state index is 0.608. The zero-order chi connectivity index (χ0) is 13.0. The van der Waals surface area contributed by atoms with E-state index in [4.69, 9.17) is 5.73 Å². The van der Waals surface area contributed by atoms with Crippen molar-refractivity contribution in [3.63, 3.8) is 0 Å². The van der Waals surface area contributed by atoms with Gasteiger partial charge in [0.2, 0.25) is 0 Å². The third-order valence-electron chi connectivity index (χ3n) is 4.36. The largest absolute Gasteiger partial charge is 0.399 e. The first kappa shape index (κ1) is 13.4. The second-order valence-corrected chi connectivity index (χ2v) is 5.75. The number of nitrogens with zero attached hydrogens (tertiary/aromatic N) is 1. The molecule has 1 aromatic rings. The van der Waals surface area contributed by atoms with Gasteiger partial charge in [0.1, 0.15) is 0 Å². The fourth-order valence-electron chi connectivity index (χ4n) is 2.99. The highest BCUT2D eigenvalue weighted by atomic mass is 15.2. The normalized spacial score (nSPS) is 19.1. The maximum absolute atomic E-state index is 5.72. The first-order valence-corrected chi connectivity index (χ1v) is 7.23. The molecule has 2 nitrogen and oxygen atoms in total. The summed E-state index contributed by atoms with van der Waals surface area (Å²) in [5.74, 6) is 0. The van der Waals surface area contributed by atoms with Crippen molar-refractivity contribution in [2.24, 2.45) is 0 Å². The van der Waals surface area contributed by atoms with Crippen LogP contribution in [0.4, 0.5) is 5.69 Å². The maximum Gasteiger partial charge on any atom is 0.0314 e. The van der Waals surface area contributed by atoms with Crippen LogP contribution in [0.25, 0.3) is 0 Å². The highest BCUT2D eigenvalue weighted by Crippen LogP contribution is 2.24. The molecular formula is C16H26N2. The van der Waals surface area contributed by atoms with Gasteiger partial charge in [-0.2, -0.15) is 0 Å². The van der Waals surface area contributed by atoms with E-state index in [1.54, 1.807) is 0 Å². The Balaban J connectivity index is 1.89. The van der Waals surface area contributed by atoms with Crippen LogP contribution in [0.15, 0.2) is 24.3 Å². The minimum Gasteiger partial charge on any atom is -0.399 e. The zero-order valence-corrected chi connectivity index (χ0v) is 11.7. The Labute approximate surface area is 111 Å². The van der Waals surface area contributed by atoms with Crippen molar-refractivity contribution in [1.29, 1.82) is 0 Å². The lowest BCUT2D eigenvalue weighted by Gasteiger charge is -2.35. The Morgan fingerprint density at radius 2 is 1.78 bits per heavy atom. The summed E-state index contributed by atoms with van der Waals surface area (Å²) in [6.07, 6.45) is 8.11. The van der Waals surface area contributed by atoms with Gasteiger partial charge in [-0.3, -0.25) is 0 Å². The molecule has 0 aliphatic heterocycles. The molecule has 0 aromatic heterocycles. The van der Waals surface area contributed by atoms with Crippen LogP contribution < -0.4 is 5.73 Å². The first-order valence-electron chi connectivity index (χ1n) is 7.23. The molecule has 0 radical (unpaired) electrons. The van der Waals surface area contributed by atoms with Crippen molar-refractivity contribution < 1.29 is 0 Å². The summed E-state index contributed by atoms with van der Waals surface area (Å²) in [4.78, 5) is 2.58. The van der Waals surface area contributed by atoms with Gasteiger partial charge in [-0.15, -0.1) is 0 Å². The molecule has 1 saturated carbocycles. The number of hydrogen-bond acceptors (Lipinski definition) is 2. The van der Waals surface area contributed by atoms with E-state index < -0.39 is 0 Å². The summed E-state index contributed by atoms with van der Waals surface area (Å²) >= 11 is 0. The van der Waals surface area contributed by atoms with Gasteiger partial charge in [-0.25, -0.2) is 0 Å². The number of nitrogens with two attached hydrogens (primary N) is 1. The molecule has 1 unspecified atom stereocenters. The summed E-state index contributed by atoms with van der Waals surface area (Å²) in [5, 5.41) is 0. The standard InChI is InChI=1S/C16H26N2/c1-13(12-14-8-10-15(17)11-9-14)18(2)16-6-4-3-5-7-16/h8-11,13,16H,3-7,12,17H2,1-2H3. The lowest BCUT2D eigenvalue weighted by Crippen LogP contribution is -2.40. The van der Waals surface area contributed by atoms with Gasteiger partial charge in [-0.1, -0.05) is 31.4 Å². The van der Waals surface area contributed by atoms with Gasteiger partial charge in [0.15, 0.2) is 0 Å². The Morgan fingerprint density at radius 3 is 2.39 bits per heavy atom. The van der Waals surface area contributed by atoms with Crippen LogP contribution in [-0.2, 0) is 6.42 Å². The van der Waals surface area contributed by atoms with Crippen molar-refractivity contribution >= 4 is 5.69 Å². The molecule has 0 heterocycles. The van der Waals surface area contributed by atoms with E-state index in [0.29, 0.717) is 6.04 Å². The smallest absolute Gasteiger partial charge is 0.0314 e. The van der Waals surface area contributed by atoms with Crippen LogP contribution in [0.3, 0.4) is 0 Å². The predicted octanol–water partition coefficient (Wildman–Crippen LogP) is 3.46. The molecule has 1 atom stereocenters. The zero-order valence-electron chi connectivity index (χ0n) is 11.7. The quantitative estimate of drug-likeness (QED) is 0.824. The average molecular weight is 246 g/mol. The molecule has 0 bridgehead atoms. The number of nitrogen functional groups attached to an aromatic ring is 1. The van der Waals surface area contributed by atoms with Crippen molar-refractivity contribution in [2.45, 2.75) is 57.5 Å². The second kappa shape index (κ2) is 6.24. The van der Waals surface area contributed by atoms with Gasteiger partial charge in [-0.05, 0) is 50.9 Å². The van der Waals surface area contributed by atoms with Crippen molar-refractivity contribution in [3.8, 4) is 0 Å². The molecule has 1 aliphatic carbocycles. The van der Waals surface area contributed by atoms with Gasteiger partial charge >= 0.3 is 0 Å². The highest BCUT2D eigenvalue weighted by Gasteiger charge is 2.21. The maximum atomic E-state index is 5.72. The van der Waals surface area contributed by atoms with Crippen molar-refractivity contribution in [1.82, 2.24) is 4.90 Å². The molecule has 1 fully saturated rings. The molecule has 100 valence electrons. The third-order valence-corrected chi connectivity index (χ3v) is 4.36. The molecule has 0 spiro atoms. The topological polar surface area (TPSA) is 29.3 Å². The van der Waals surface area contributed by atoms with Crippen LogP contribution in [0, 0.1) is 0 Å². The van der Waals surface area contributed by atoms with Crippen LogP contribution in [0.1, 0.15) is 44.6 Å². The third kappa shape index (κ3) is 3.49. The molecular weight excluding hydrogens is 220 g/mol. The number of rotatable bonds is 4. The molecule has 1 aliphatic rings. The highest BCUT2D eigenvalue weighted by molar-refractivity contribution is 5.39. The number of likely N-dealkylation sites (N-methyl/N-ethyl adjacent to an activating group) is 1. The molecule has 1 aromatic carbocycles. The number of hydrogen-bond donors (Lipinski definition) is 1. The fourth-order valence-corrected chi connectivity index (χ4v) is 2.99. The monoisotopic (exact) mass is 246 g/mol. The summed E-state index contributed by atoms with van der Waals surface area (Å²) in [5.41, 5.74) is 7.97. The Kier molecular flexibility index (Phi) is 4.65. The average Bonchev–Trinajstić information content (AvgIpc) is 2.41. The van der Waals surface area contributed by atoms with Gasteiger partial charge in [0.05, 0.1) is 0 Å². The van der Waals surface area contributed by atoms with Crippen LogP contribution in [0.2, 0.25) is 0 Å². The minimum atomic E-state index is 0.608. The molecule has 0 amide bonds. The van der Waals surface area contributed by atoms with E-state index in [0.717, 1.165) is 18.2 Å². The second-order valence-electron chi connectivity index (χ2n) is 5.75. The van der Waals surface area contributed by atoms with Crippen molar-refractivity contribution in [2.75, 3.05) is 12.8 Å². The van der Waals surface area contributed by atoms with E-state index in [9.17, 15) is 0 Å². The molecule has 18 heavy (non-hydrogen) atoms. The summed E-state index contributed by atoms with van der Waals surface area (Å²) in [6, 6.07) is 9.71.